The highest BCUT2D eigenvalue weighted by Crippen LogP contribution is 2.16. The molecule has 1 amide bonds. The average molecular weight is 878 g/mol. The van der Waals surface area contributed by atoms with E-state index in [0.717, 1.165) is 64.2 Å². The standard InChI is InChI=1S/C57H99NO5/c1-4-7-10-13-16-19-22-24-26-28-30-32-35-38-41-44-47-50-57(62)63-53(48-45-42-39-36-33-21-18-15-12-9-6-3)51-56(61)58-54(52-59)55(60)49-46-43-40-37-34-31-29-27-25-23-20-17-14-11-8-5-2/h7,10,16,19,24,26,30,32,36,38-39,41,45,48,53-55,59-60H,4-6,8-9,11-15,17-18,20-23,25,27-29,31,33-35,37,40,42-44,46-47,49-52H2,1-3H3,(H,58,61)/b10-7-,19-16-,26-24-,32-30-,39-36-,41-38-,48-45+. The Morgan fingerprint density at radius 3 is 1.35 bits per heavy atom. The molecule has 0 aliphatic rings. The zero-order valence-electron chi connectivity index (χ0n) is 41.2. The zero-order chi connectivity index (χ0) is 45.9. The Labute approximate surface area is 389 Å². The summed E-state index contributed by atoms with van der Waals surface area (Å²) in [5.74, 6) is -0.675. The number of nitrogens with one attached hydrogen (secondary N) is 1. The number of hydrogen-bond acceptors (Lipinski definition) is 5. The summed E-state index contributed by atoms with van der Waals surface area (Å²) in [5.41, 5.74) is 0. The van der Waals surface area contributed by atoms with E-state index in [2.05, 4.69) is 99.0 Å². The molecular formula is C57H99NO5. The lowest BCUT2D eigenvalue weighted by atomic mass is 10.0. The Bertz CT molecular complexity index is 1210. The SMILES string of the molecule is CC/C=C\C/C=C\C/C=C\C/C=C\C/C=C\CCCC(=O)OC(/C=C/C/C=C\CCCCCCCC)CC(=O)NC(CO)C(O)CCCCCCCCCCCCCCCCCC. The number of carbonyl (C=O) groups is 2. The molecule has 0 rings (SSSR count). The first-order valence-electron chi connectivity index (χ1n) is 26.3. The summed E-state index contributed by atoms with van der Waals surface area (Å²) in [6.07, 6.45) is 65.4. The van der Waals surface area contributed by atoms with E-state index in [-0.39, 0.29) is 31.3 Å². The molecule has 3 unspecified atom stereocenters. The van der Waals surface area contributed by atoms with E-state index < -0.39 is 18.2 Å². The lowest BCUT2D eigenvalue weighted by molar-refractivity contribution is -0.148. The highest BCUT2D eigenvalue weighted by molar-refractivity contribution is 5.78. The van der Waals surface area contributed by atoms with Crippen molar-refractivity contribution in [2.24, 2.45) is 0 Å². The Kier molecular flexibility index (Phi) is 47.7. The van der Waals surface area contributed by atoms with Crippen LogP contribution in [0.2, 0.25) is 0 Å². The fraction of sp³-hybridized carbons (Fsp3) is 0.719. The second-order valence-electron chi connectivity index (χ2n) is 17.5. The first-order chi connectivity index (χ1) is 31.0. The van der Waals surface area contributed by atoms with E-state index in [0.29, 0.717) is 19.3 Å². The summed E-state index contributed by atoms with van der Waals surface area (Å²) >= 11 is 0. The van der Waals surface area contributed by atoms with Crippen molar-refractivity contribution in [2.75, 3.05) is 6.61 Å². The molecule has 6 nitrogen and oxygen atoms in total. The van der Waals surface area contributed by atoms with Crippen molar-refractivity contribution in [1.29, 1.82) is 0 Å². The van der Waals surface area contributed by atoms with Gasteiger partial charge in [0, 0.05) is 6.42 Å². The van der Waals surface area contributed by atoms with Crippen LogP contribution in [-0.2, 0) is 14.3 Å². The number of esters is 1. The minimum atomic E-state index is -0.824. The van der Waals surface area contributed by atoms with Crippen LogP contribution >= 0.6 is 0 Å². The summed E-state index contributed by atoms with van der Waals surface area (Å²) in [7, 11) is 0. The van der Waals surface area contributed by atoms with Gasteiger partial charge in [0.15, 0.2) is 0 Å². The number of allylic oxidation sites excluding steroid dienone is 13. The molecule has 0 heterocycles. The van der Waals surface area contributed by atoms with E-state index in [1.54, 1.807) is 6.08 Å². The van der Waals surface area contributed by atoms with Crippen LogP contribution in [0.3, 0.4) is 0 Å². The van der Waals surface area contributed by atoms with Gasteiger partial charge >= 0.3 is 5.97 Å². The monoisotopic (exact) mass is 878 g/mol. The van der Waals surface area contributed by atoms with Crippen molar-refractivity contribution in [2.45, 2.75) is 257 Å². The van der Waals surface area contributed by atoms with Gasteiger partial charge in [0.05, 0.1) is 25.2 Å². The molecule has 0 radical (unpaired) electrons. The highest BCUT2D eigenvalue weighted by atomic mass is 16.5. The maximum absolute atomic E-state index is 13.2. The predicted molar refractivity (Wildman–Crippen MR) is 273 cm³/mol. The molecule has 0 aliphatic heterocycles. The normalized spacial score (nSPS) is 13.9. The molecule has 0 saturated carbocycles. The smallest absolute Gasteiger partial charge is 0.306 e. The van der Waals surface area contributed by atoms with Gasteiger partial charge in [-0.15, -0.1) is 0 Å². The summed E-state index contributed by atoms with van der Waals surface area (Å²) in [6.45, 7) is 6.32. The summed E-state index contributed by atoms with van der Waals surface area (Å²) in [6, 6.07) is -0.748. The molecule has 0 saturated heterocycles. The molecule has 3 N–H and O–H groups in total. The summed E-state index contributed by atoms with van der Waals surface area (Å²) < 4.78 is 5.80. The molecule has 0 spiro atoms. The number of amides is 1. The Balaban J connectivity index is 4.66. The minimum absolute atomic E-state index is 0.0548. The molecule has 63 heavy (non-hydrogen) atoms. The second-order valence-corrected chi connectivity index (χ2v) is 17.5. The number of unbranched alkanes of at least 4 members (excludes halogenated alkanes) is 22. The first-order valence-corrected chi connectivity index (χ1v) is 26.3. The molecule has 0 bridgehead atoms. The van der Waals surface area contributed by atoms with Crippen LogP contribution in [0.4, 0.5) is 0 Å². The molecule has 0 aliphatic carbocycles. The van der Waals surface area contributed by atoms with E-state index in [9.17, 15) is 19.8 Å². The zero-order valence-corrected chi connectivity index (χ0v) is 41.2. The Morgan fingerprint density at radius 2 is 0.889 bits per heavy atom. The molecule has 362 valence electrons. The molecule has 0 fully saturated rings. The first kappa shape index (κ1) is 60.0. The van der Waals surface area contributed by atoms with Gasteiger partial charge in [0.25, 0.3) is 0 Å². The third-order valence-corrected chi connectivity index (χ3v) is 11.5. The minimum Gasteiger partial charge on any atom is -0.458 e. The number of ether oxygens (including phenoxy) is 1. The number of aliphatic hydroxyl groups is 2. The molecule has 0 aromatic rings. The van der Waals surface area contributed by atoms with Crippen LogP contribution in [0.1, 0.15) is 239 Å². The van der Waals surface area contributed by atoms with Crippen molar-refractivity contribution < 1.29 is 24.5 Å². The highest BCUT2D eigenvalue weighted by Gasteiger charge is 2.23. The van der Waals surface area contributed by atoms with Crippen LogP contribution in [0.15, 0.2) is 85.1 Å². The fourth-order valence-electron chi connectivity index (χ4n) is 7.49. The van der Waals surface area contributed by atoms with Crippen LogP contribution in [0.5, 0.6) is 0 Å². The quantitative estimate of drug-likeness (QED) is 0.0322. The topological polar surface area (TPSA) is 95.9 Å². The lowest BCUT2D eigenvalue weighted by Gasteiger charge is -2.23. The van der Waals surface area contributed by atoms with E-state index in [4.69, 9.17) is 4.74 Å². The average Bonchev–Trinajstić information content (AvgIpc) is 3.28. The molecule has 0 aromatic carbocycles. The third-order valence-electron chi connectivity index (χ3n) is 11.5. The predicted octanol–water partition coefficient (Wildman–Crippen LogP) is 16.0. The van der Waals surface area contributed by atoms with E-state index >= 15 is 0 Å². The second kappa shape index (κ2) is 50.0. The molecule has 0 aromatic heterocycles. The van der Waals surface area contributed by atoms with Crippen molar-refractivity contribution in [3.8, 4) is 0 Å². The van der Waals surface area contributed by atoms with Gasteiger partial charge < -0.3 is 20.3 Å². The van der Waals surface area contributed by atoms with Crippen molar-refractivity contribution in [3.05, 3.63) is 85.1 Å². The maximum atomic E-state index is 13.2. The number of hydrogen-bond donors (Lipinski definition) is 3. The van der Waals surface area contributed by atoms with E-state index in [1.165, 1.54) is 122 Å². The Morgan fingerprint density at radius 1 is 0.492 bits per heavy atom. The molecule has 6 heteroatoms. The van der Waals surface area contributed by atoms with E-state index in [1.807, 2.05) is 6.08 Å². The Hall–Kier alpha value is -2.96. The van der Waals surface area contributed by atoms with Gasteiger partial charge in [0.1, 0.15) is 6.10 Å². The van der Waals surface area contributed by atoms with Crippen LogP contribution < -0.4 is 5.32 Å². The van der Waals surface area contributed by atoms with Crippen LogP contribution in [0, 0.1) is 0 Å². The van der Waals surface area contributed by atoms with Crippen LogP contribution in [-0.4, -0.2) is 46.9 Å². The van der Waals surface area contributed by atoms with Gasteiger partial charge in [0.2, 0.25) is 5.91 Å². The number of rotatable bonds is 46. The lowest BCUT2D eigenvalue weighted by Crippen LogP contribution is -2.46. The van der Waals surface area contributed by atoms with Gasteiger partial charge in [-0.1, -0.05) is 235 Å². The fourth-order valence-corrected chi connectivity index (χ4v) is 7.49. The van der Waals surface area contributed by atoms with Gasteiger partial charge in [-0.25, -0.2) is 0 Å². The largest absolute Gasteiger partial charge is 0.458 e. The van der Waals surface area contributed by atoms with Gasteiger partial charge in [-0.05, 0) is 76.7 Å². The van der Waals surface area contributed by atoms with Crippen molar-refractivity contribution in [3.63, 3.8) is 0 Å². The third kappa shape index (κ3) is 45.4. The van der Waals surface area contributed by atoms with Gasteiger partial charge in [-0.2, -0.15) is 0 Å². The van der Waals surface area contributed by atoms with Crippen molar-refractivity contribution in [1.82, 2.24) is 5.32 Å². The van der Waals surface area contributed by atoms with Crippen LogP contribution in [0.25, 0.3) is 0 Å². The summed E-state index contributed by atoms with van der Waals surface area (Å²) in [4.78, 5) is 26.0. The molecular weight excluding hydrogens is 779 g/mol. The van der Waals surface area contributed by atoms with Crippen molar-refractivity contribution >= 4 is 11.9 Å². The summed E-state index contributed by atoms with van der Waals surface area (Å²) in [5, 5.41) is 23.7. The number of carbonyl (C=O) groups excluding carboxylic acids is 2. The van der Waals surface area contributed by atoms with Gasteiger partial charge in [-0.3, -0.25) is 9.59 Å². The number of aliphatic hydroxyl groups excluding tert-OH is 2. The maximum Gasteiger partial charge on any atom is 0.306 e. The molecule has 3 atom stereocenters.